The van der Waals surface area contributed by atoms with Gasteiger partial charge < -0.3 is 14.7 Å². The zero-order chi connectivity index (χ0) is 12.4. The van der Waals surface area contributed by atoms with Crippen LogP contribution >= 0.6 is 0 Å². The first-order valence-electron chi connectivity index (χ1n) is 6.07. The first kappa shape index (κ1) is 11.2. The molecular formula is C12H14N4O2. The minimum absolute atomic E-state index is 0.178. The third kappa shape index (κ3) is 2.65. The Hall–Kier alpha value is -1.95. The molecule has 2 N–H and O–H groups in total. The Morgan fingerprint density at radius 1 is 1.39 bits per heavy atom. The average molecular weight is 246 g/mol. The van der Waals surface area contributed by atoms with Crippen LogP contribution in [0.5, 0.6) is 0 Å². The SMILES string of the molecule is O=c1cccc(-c2nnc(CCNC3CC3)o2)[nH]1. The fraction of sp³-hybridized carbons (Fsp3) is 0.417. The average Bonchev–Trinajstić information content (AvgIpc) is 3.06. The van der Waals surface area contributed by atoms with Crippen LogP contribution in [0.2, 0.25) is 0 Å². The Bertz CT molecular complexity index is 586. The van der Waals surface area contributed by atoms with E-state index in [1.165, 1.54) is 18.9 Å². The highest BCUT2D eigenvalue weighted by Crippen LogP contribution is 2.18. The zero-order valence-corrected chi connectivity index (χ0v) is 9.85. The molecule has 0 radical (unpaired) electrons. The predicted molar refractivity (Wildman–Crippen MR) is 65.1 cm³/mol. The molecule has 1 fully saturated rings. The van der Waals surface area contributed by atoms with E-state index in [1.54, 1.807) is 12.1 Å². The molecule has 6 heteroatoms. The monoisotopic (exact) mass is 246 g/mol. The van der Waals surface area contributed by atoms with Gasteiger partial charge in [0.25, 0.3) is 5.89 Å². The number of aromatic amines is 1. The van der Waals surface area contributed by atoms with Crippen molar-refractivity contribution in [3.63, 3.8) is 0 Å². The summed E-state index contributed by atoms with van der Waals surface area (Å²) in [6, 6.07) is 5.52. The molecule has 2 heterocycles. The van der Waals surface area contributed by atoms with Crippen LogP contribution in [0.25, 0.3) is 11.6 Å². The van der Waals surface area contributed by atoms with Gasteiger partial charge >= 0.3 is 0 Å². The molecule has 0 amide bonds. The summed E-state index contributed by atoms with van der Waals surface area (Å²) in [5.74, 6) is 0.942. The number of nitrogens with one attached hydrogen (secondary N) is 2. The Labute approximate surface area is 103 Å². The molecule has 0 spiro atoms. The molecular weight excluding hydrogens is 232 g/mol. The summed E-state index contributed by atoms with van der Waals surface area (Å²) >= 11 is 0. The van der Waals surface area contributed by atoms with Crippen LogP contribution in [0.15, 0.2) is 27.4 Å². The van der Waals surface area contributed by atoms with Crippen molar-refractivity contribution in [2.24, 2.45) is 0 Å². The van der Waals surface area contributed by atoms with E-state index in [2.05, 4.69) is 20.5 Å². The fourth-order valence-corrected chi connectivity index (χ4v) is 1.71. The molecule has 0 unspecified atom stereocenters. The van der Waals surface area contributed by atoms with Crippen molar-refractivity contribution < 1.29 is 4.42 Å². The fourth-order valence-electron chi connectivity index (χ4n) is 1.71. The first-order valence-corrected chi connectivity index (χ1v) is 6.07. The molecule has 2 aromatic rings. The standard InChI is InChI=1S/C12H14N4O2/c17-10-3-1-2-9(14-10)12-16-15-11(18-12)6-7-13-8-4-5-8/h1-3,8,13H,4-7H2,(H,14,17). The lowest BCUT2D eigenvalue weighted by molar-refractivity contribution is 0.492. The van der Waals surface area contributed by atoms with Crippen molar-refractivity contribution in [1.82, 2.24) is 20.5 Å². The molecule has 1 aliphatic carbocycles. The number of aromatic nitrogens is 3. The number of nitrogens with zero attached hydrogens (tertiary/aromatic N) is 2. The maximum atomic E-state index is 11.2. The Morgan fingerprint density at radius 2 is 2.28 bits per heavy atom. The van der Waals surface area contributed by atoms with E-state index in [9.17, 15) is 4.79 Å². The van der Waals surface area contributed by atoms with E-state index in [-0.39, 0.29) is 5.56 Å². The van der Waals surface area contributed by atoms with Gasteiger partial charge in [0.1, 0.15) is 5.69 Å². The van der Waals surface area contributed by atoms with Crippen molar-refractivity contribution in [3.8, 4) is 11.6 Å². The number of hydrogen-bond donors (Lipinski definition) is 2. The third-order valence-corrected chi connectivity index (χ3v) is 2.81. The van der Waals surface area contributed by atoms with E-state index >= 15 is 0 Å². The summed E-state index contributed by atoms with van der Waals surface area (Å²) in [5, 5.41) is 11.3. The minimum atomic E-state index is -0.178. The van der Waals surface area contributed by atoms with Crippen molar-refractivity contribution in [2.75, 3.05) is 6.54 Å². The van der Waals surface area contributed by atoms with Gasteiger partial charge in [0, 0.05) is 25.1 Å². The molecule has 3 rings (SSSR count). The summed E-state index contributed by atoms with van der Waals surface area (Å²) in [6.07, 6.45) is 3.24. The van der Waals surface area contributed by atoms with Gasteiger partial charge in [-0.15, -0.1) is 10.2 Å². The largest absolute Gasteiger partial charge is 0.419 e. The Morgan fingerprint density at radius 3 is 3.06 bits per heavy atom. The van der Waals surface area contributed by atoms with Crippen LogP contribution in [0, 0.1) is 0 Å². The molecule has 1 aliphatic rings. The van der Waals surface area contributed by atoms with Crippen LogP contribution in [-0.2, 0) is 6.42 Å². The molecule has 1 saturated carbocycles. The number of pyridine rings is 1. The number of rotatable bonds is 5. The van der Waals surface area contributed by atoms with Gasteiger partial charge in [-0.3, -0.25) is 4.79 Å². The third-order valence-electron chi connectivity index (χ3n) is 2.81. The van der Waals surface area contributed by atoms with Crippen molar-refractivity contribution in [1.29, 1.82) is 0 Å². The van der Waals surface area contributed by atoms with Crippen molar-refractivity contribution >= 4 is 0 Å². The lowest BCUT2D eigenvalue weighted by Crippen LogP contribution is -2.19. The van der Waals surface area contributed by atoms with Crippen molar-refractivity contribution in [2.45, 2.75) is 25.3 Å². The maximum absolute atomic E-state index is 11.2. The summed E-state index contributed by atoms with van der Waals surface area (Å²) < 4.78 is 5.49. The van der Waals surface area contributed by atoms with E-state index in [0.29, 0.717) is 29.9 Å². The van der Waals surface area contributed by atoms with Gasteiger partial charge in [-0.05, 0) is 18.9 Å². The van der Waals surface area contributed by atoms with Gasteiger partial charge in [-0.1, -0.05) is 6.07 Å². The topological polar surface area (TPSA) is 83.8 Å². The van der Waals surface area contributed by atoms with Crippen LogP contribution in [0.4, 0.5) is 0 Å². The van der Waals surface area contributed by atoms with Crippen LogP contribution in [0.1, 0.15) is 18.7 Å². The van der Waals surface area contributed by atoms with E-state index < -0.39 is 0 Å². The quantitative estimate of drug-likeness (QED) is 0.812. The van der Waals surface area contributed by atoms with Gasteiger partial charge in [0.05, 0.1) is 0 Å². The first-order chi connectivity index (χ1) is 8.81. The second kappa shape index (κ2) is 4.73. The van der Waals surface area contributed by atoms with Gasteiger partial charge in [-0.2, -0.15) is 0 Å². The molecule has 6 nitrogen and oxygen atoms in total. The number of H-pyrrole nitrogens is 1. The molecule has 0 aromatic carbocycles. The van der Waals surface area contributed by atoms with Crippen LogP contribution in [0.3, 0.4) is 0 Å². The van der Waals surface area contributed by atoms with E-state index in [4.69, 9.17) is 4.42 Å². The van der Waals surface area contributed by atoms with Crippen molar-refractivity contribution in [3.05, 3.63) is 34.4 Å². The highest BCUT2D eigenvalue weighted by atomic mass is 16.4. The Kier molecular flexibility index (Phi) is 2.93. The molecule has 2 aromatic heterocycles. The lowest BCUT2D eigenvalue weighted by atomic mass is 10.3. The molecule has 0 saturated heterocycles. The van der Waals surface area contributed by atoms with Crippen LogP contribution < -0.4 is 10.9 Å². The maximum Gasteiger partial charge on any atom is 0.264 e. The van der Waals surface area contributed by atoms with E-state index in [1.807, 2.05) is 0 Å². The van der Waals surface area contributed by atoms with Gasteiger partial charge in [0.15, 0.2) is 0 Å². The van der Waals surface area contributed by atoms with E-state index in [0.717, 1.165) is 6.54 Å². The van der Waals surface area contributed by atoms with Crippen LogP contribution in [-0.4, -0.2) is 27.8 Å². The van der Waals surface area contributed by atoms with Gasteiger partial charge in [0.2, 0.25) is 11.4 Å². The number of hydrogen-bond acceptors (Lipinski definition) is 5. The second-order valence-corrected chi connectivity index (χ2v) is 4.41. The molecule has 94 valence electrons. The summed E-state index contributed by atoms with van der Waals surface area (Å²) in [4.78, 5) is 13.8. The minimum Gasteiger partial charge on any atom is -0.419 e. The summed E-state index contributed by atoms with van der Waals surface area (Å²) in [7, 11) is 0. The Balaban J connectivity index is 1.66. The highest BCUT2D eigenvalue weighted by molar-refractivity contribution is 5.44. The molecule has 18 heavy (non-hydrogen) atoms. The summed E-state index contributed by atoms with van der Waals surface area (Å²) in [6.45, 7) is 0.845. The molecule has 0 bridgehead atoms. The summed E-state index contributed by atoms with van der Waals surface area (Å²) in [5.41, 5.74) is 0.374. The molecule has 0 aliphatic heterocycles. The lowest BCUT2D eigenvalue weighted by Gasteiger charge is -1.97. The highest BCUT2D eigenvalue weighted by Gasteiger charge is 2.20. The normalized spacial score (nSPS) is 14.9. The molecule has 0 atom stereocenters. The zero-order valence-electron chi connectivity index (χ0n) is 9.85. The van der Waals surface area contributed by atoms with Gasteiger partial charge in [-0.25, -0.2) is 0 Å². The smallest absolute Gasteiger partial charge is 0.264 e. The second-order valence-electron chi connectivity index (χ2n) is 4.41. The predicted octanol–water partition coefficient (Wildman–Crippen LogP) is 0.719.